The number of benzene rings is 4. The minimum atomic E-state index is -0.687. The Morgan fingerprint density at radius 1 is 0.672 bits per heavy atom. The second kappa shape index (κ2) is 24.5. The number of carbonyl (C=O) groups is 1. The summed E-state index contributed by atoms with van der Waals surface area (Å²) in [6.07, 6.45) is -0.672. The van der Waals surface area contributed by atoms with Crippen molar-refractivity contribution in [1.82, 2.24) is 9.13 Å². The number of nitro groups is 2. The zero-order chi connectivity index (χ0) is 45.6. The molecule has 0 bridgehead atoms. The number of hydrogen-bond donors (Lipinski definition) is 2. The molecule has 0 unspecified atom stereocenters. The van der Waals surface area contributed by atoms with Crippen LogP contribution >= 0.6 is 23.2 Å². The second-order valence-electron chi connectivity index (χ2n) is 14.1. The fourth-order valence-corrected chi connectivity index (χ4v) is 6.00. The largest absolute Gasteiger partial charge is 0.496 e. The predicted molar refractivity (Wildman–Crippen MR) is 254 cm³/mol. The number of methoxy groups -OCH3 is 2. The van der Waals surface area contributed by atoms with Crippen molar-refractivity contribution >= 4 is 52.3 Å². The van der Waals surface area contributed by atoms with Crippen LogP contribution < -0.4 is 31.6 Å². The Labute approximate surface area is 381 Å². The van der Waals surface area contributed by atoms with Gasteiger partial charge in [0.2, 0.25) is 0 Å². The van der Waals surface area contributed by atoms with Crippen LogP contribution in [0.3, 0.4) is 0 Å². The standard InChI is InChI=1S/C24H25N3O6.C19H17N3O4.CH2Cl2.2CH4/c1-24(2,3)33-23(29)25-21-9-6-10-22(28)26(21)15-16-11-12-20(32-4)19(13-16)17-7-5-8-18(14-17)27(30)31;1-26-17-9-8-13(12-21-18(20)6-3-7-19(21)23)10-16(17)14-4-2-5-15(11-14)22(24)25;2-1-3;;/h5-14H,15H2,1-4H3,(H,25,29);2-11H,12,20H2,1H3;1H2;2*1H4. The van der Waals surface area contributed by atoms with Gasteiger partial charge in [-0.1, -0.05) is 63.4 Å². The van der Waals surface area contributed by atoms with Gasteiger partial charge in [0.05, 0.1) is 42.5 Å². The van der Waals surface area contributed by atoms with Crippen LogP contribution in [-0.4, -0.2) is 50.2 Å². The van der Waals surface area contributed by atoms with Gasteiger partial charge < -0.3 is 19.9 Å². The Morgan fingerprint density at radius 2 is 1.09 bits per heavy atom. The number of halogens is 2. The van der Waals surface area contributed by atoms with Gasteiger partial charge in [-0.3, -0.25) is 44.3 Å². The Morgan fingerprint density at radius 3 is 1.52 bits per heavy atom. The number of aromatic nitrogens is 2. The number of rotatable bonds is 11. The predicted octanol–water partition coefficient (Wildman–Crippen LogP) is 10.6. The molecule has 16 nitrogen and oxygen atoms in total. The highest BCUT2D eigenvalue weighted by atomic mass is 35.5. The van der Waals surface area contributed by atoms with E-state index in [4.69, 9.17) is 43.1 Å². The Kier molecular flexibility index (Phi) is 20.2. The highest BCUT2D eigenvalue weighted by Crippen LogP contribution is 2.34. The molecule has 6 aromatic rings. The number of nitrogens with two attached hydrogens (primary N) is 1. The molecule has 18 heteroatoms. The molecule has 0 saturated carbocycles. The number of nitro benzene ring substituents is 2. The number of nitrogen functional groups attached to an aromatic ring is 1. The van der Waals surface area contributed by atoms with Gasteiger partial charge in [0.1, 0.15) is 28.7 Å². The molecule has 64 heavy (non-hydrogen) atoms. The third-order valence-corrected chi connectivity index (χ3v) is 8.71. The fourth-order valence-electron chi connectivity index (χ4n) is 6.00. The van der Waals surface area contributed by atoms with Crippen LogP contribution in [0.5, 0.6) is 11.5 Å². The summed E-state index contributed by atoms with van der Waals surface area (Å²) in [4.78, 5) is 58.2. The summed E-state index contributed by atoms with van der Waals surface area (Å²) in [7, 11) is 3.05. The summed E-state index contributed by atoms with van der Waals surface area (Å²) in [6, 6.07) is 32.6. The number of carbonyl (C=O) groups excluding carboxylic acids is 1. The molecule has 2 heterocycles. The maximum Gasteiger partial charge on any atom is 0.413 e. The smallest absolute Gasteiger partial charge is 0.413 e. The summed E-state index contributed by atoms with van der Waals surface area (Å²) in [6.45, 7) is 5.68. The zero-order valence-corrected chi connectivity index (χ0v) is 35.9. The number of nitrogens with zero attached hydrogens (tertiary/aromatic N) is 4. The number of hydrogen-bond acceptors (Lipinski definition) is 11. The lowest BCUT2D eigenvalue weighted by molar-refractivity contribution is -0.385. The molecule has 4 aromatic carbocycles. The van der Waals surface area contributed by atoms with E-state index in [1.165, 1.54) is 59.8 Å². The van der Waals surface area contributed by atoms with E-state index in [-0.39, 0.29) is 61.6 Å². The number of alkyl halides is 2. The molecule has 0 radical (unpaired) electrons. The van der Waals surface area contributed by atoms with Gasteiger partial charge in [-0.25, -0.2) is 4.79 Å². The van der Waals surface area contributed by atoms with Crippen LogP contribution in [-0.2, 0) is 17.8 Å². The van der Waals surface area contributed by atoms with Crippen molar-refractivity contribution in [2.45, 2.75) is 54.3 Å². The molecule has 0 fully saturated rings. The molecule has 3 N–H and O–H groups in total. The van der Waals surface area contributed by atoms with E-state index in [1.807, 2.05) is 12.1 Å². The molecular formula is C46H52Cl2N6O10. The molecule has 2 aromatic heterocycles. The van der Waals surface area contributed by atoms with E-state index in [1.54, 1.807) is 93.6 Å². The Bertz CT molecular complexity index is 2660. The molecule has 1 amide bonds. The van der Waals surface area contributed by atoms with Gasteiger partial charge in [0.15, 0.2) is 0 Å². The van der Waals surface area contributed by atoms with Gasteiger partial charge in [-0.05, 0) is 79.4 Å². The van der Waals surface area contributed by atoms with E-state index in [0.717, 1.165) is 11.1 Å². The first-order valence-corrected chi connectivity index (χ1v) is 19.7. The molecule has 0 spiro atoms. The van der Waals surface area contributed by atoms with Gasteiger partial charge in [0.25, 0.3) is 22.5 Å². The van der Waals surface area contributed by atoms with Crippen molar-refractivity contribution in [2.75, 3.05) is 30.6 Å². The molecule has 340 valence electrons. The van der Waals surface area contributed by atoms with E-state index < -0.39 is 21.5 Å². The first-order chi connectivity index (χ1) is 29.5. The number of nitrogens with one attached hydrogen (secondary N) is 1. The van der Waals surface area contributed by atoms with Gasteiger partial charge in [-0.15, -0.1) is 23.2 Å². The SMILES string of the molecule is C.C.COc1ccc(Cn2c(N)cccc2=O)cc1-c1cccc([N+](=O)[O-])c1.COc1ccc(Cn2c(NC(=O)OC(C)(C)C)cccc2=O)cc1-c1cccc([N+](=O)[O-])c1.ClCCl. The third kappa shape index (κ3) is 14.7. The summed E-state index contributed by atoms with van der Waals surface area (Å²) in [5.41, 5.74) is 8.83. The highest BCUT2D eigenvalue weighted by Gasteiger charge is 2.19. The molecule has 0 aliphatic rings. The van der Waals surface area contributed by atoms with E-state index >= 15 is 0 Å². The van der Waals surface area contributed by atoms with Gasteiger partial charge >= 0.3 is 6.09 Å². The van der Waals surface area contributed by atoms with Gasteiger partial charge in [-0.2, -0.15) is 0 Å². The highest BCUT2D eigenvalue weighted by molar-refractivity contribution is 6.40. The molecule has 0 saturated heterocycles. The van der Waals surface area contributed by atoms with Crippen LogP contribution in [0.1, 0.15) is 46.8 Å². The maximum atomic E-state index is 12.6. The summed E-state index contributed by atoms with van der Waals surface area (Å²) in [5.74, 6) is 1.77. The van der Waals surface area contributed by atoms with Crippen LogP contribution in [0.15, 0.2) is 131 Å². The van der Waals surface area contributed by atoms with E-state index in [9.17, 15) is 34.6 Å². The quantitative estimate of drug-likeness (QED) is 0.0708. The lowest BCUT2D eigenvalue weighted by atomic mass is 10.0. The van der Waals surface area contributed by atoms with Crippen molar-refractivity contribution in [2.24, 2.45) is 0 Å². The number of ether oxygens (including phenoxy) is 3. The number of pyridine rings is 2. The minimum absolute atomic E-state index is 0. The Balaban J connectivity index is 0.000000411. The Hall–Kier alpha value is -7.17. The monoisotopic (exact) mass is 918 g/mol. The number of anilines is 2. The van der Waals surface area contributed by atoms with Crippen molar-refractivity contribution in [1.29, 1.82) is 0 Å². The van der Waals surface area contributed by atoms with Crippen LogP contribution in [0, 0.1) is 20.2 Å². The first-order valence-electron chi connectivity index (χ1n) is 18.6. The fraction of sp³-hybridized carbons (Fsp3) is 0.239. The van der Waals surface area contributed by atoms with Crippen molar-refractivity contribution in [3.63, 3.8) is 0 Å². The zero-order valence-electron chi connectivity index (χ0n) is 34.4. The molecule has 0 aliphatic carbocycles. The average molecular weight is 920 g/mol. The summed E-state index contributed by atoms with van der Waals surface area (Å²) < 4.78 is 19.0. The topological polar surface area (TPSA) is 213 Å². The molecule has 6 rings (SSSR count). The van der Waals surface area contributed by atoms with Crippen LogP contribution in [0.25, 0.3) is 22.3 Å². The lowest BCUT2D eigenvalue weighted by Gasteiger charge is -2.21. The molecule has 0 aliphatic heterocycles. The van der Waals surface area contributed by atoms with E-state index in [2.05, 4.69) is 5.32 Å². The summed E-state index contributed by atoms with van der Waals surface area (Å²) in [5, 5.41) is 25.0. The molecule has 0 atom stereocenters. The normalized spacial score (nSPS) is 10.2. The van der Waals surface area contributed by atoms with Crippen molar-refractivity contribution in [3.05, 3.63) is 173 Å². The lowest BCUT2D eigenvalue weighted by Crippen LogP contribution is -2.30. The minimum Gasteiger partial charge on any atom is -0.496 e. The maximum absolute atomic E-state index is 12.6. The summed E-state index contributed by atoms with van der Waals surface area (Å²) >= 11 is 9.53. The van der Waals surface area contributed by atoms with Crippen molar-refractivity contribution < 1.29 is 28.9 Å². The van der Waals surface area contributed by atoms with Gasteiger partial charge in [0, 0.05) is 47.5 Å². The number of amides is 1. The van der Waals surface area contributed by atoms with Crippen LogP contribution in [0.2, 0.25) is 0 Å². The van der Waals surface area contributed by atoms with Crippen LogP contribution in [0.4, 0.5) is 27.8 Å². The average Bonchev–Trinajstić information content (AvgIpc) is 3.23. The molecular weight excluding hydrogens is 867 g/mol. The van der Waals surface area contributed by atoms with E-state index in [0.29, 0.717) is 39.6 Å². The van der Waals surface area contributed by atoms with Crippen molar-refractivity contribution in [3.8, 4) is 33.8 Å². The number of non-ortho nitro benzene ring substituents is 2. The second-order valence-corrected chi connectivity index (χ2v) is 14.9. The first kappa shape index (κ1) is 53.0. The third-order valence-electron chi connectivity index (χ3n) is 8.71.